The van der Waals surface area contributed by atoms with Crippen molar-refractivity contribution in [3.63, 3.8) is 0 Å². The zero-order valence-corrected chi connectivity index (χ0v) is 9.69. The lowest BCUT2D eigenvalue weighted by molar-refractivity contribution is -0.124. The van der Waals surface area contributed by atoms with E-state index in [2.05, 4.69) is 0 Å². The van der Waals surface area contributed by atoms with E-state index in [4.69, 9.17) is 14.7 Å². The van der Waals surface area contributed by atoms with Crippen LogP contribution in [-0.2, 0) is 9.53 Å². The van der Waals surface area contributed by atoms with Crippen molar-refractivity contribution >= 4 is 5.78 Å². The Morgan fingerprint density at radius 3 is 3.06 bits per heavy atom. The van der Waals surface area contributed by atoms with Gasteiger partial charge in [0.25, 0.3) is 0 Å². The molecule has 1 aromatic rings. The summed E-state index contributed by atoms with van der Waals surface area (Å²) in [6, 6.07) is 5.71. The first kappa shape index (κ1) is 12.5. The summed E-state index contributed by atoms with van der Waals surface area (Å²) in [5.74, 6) is -0.881. The van der Waals surface area contributed by atoms with Gasteiger partial charge in [-0.25, -0.2) is 4.39 Å². The molecule has 0 aromatic heterocycles. The number of benzene rings is 1. The number of carbonyl (C=O) groups excluding carboxylic acids is 1. The number of nitriles is 1. The van der Waals surface area contributed by atoms with Crippen LogP contribution in [0.5, 0.6) is 5.75 Å². The molecule has 1 aliphatic rings. The van der Waals surface area contributed by atoms with Crippen LogP contribution in [0.4, 0.5) is 4.39 Å². The van der Waals surface area contributed by atoms with E-state index in [9.17, 15) is 9.18 Å². The second-order valence-corrected chi connectivity index (χ2v) is 4.07. The Balaban J connectivity index is 1.94. The Hall–Kier alpha value is -1.93. The van der Waals surface area contributed by atoms with Crippen LogP contribution in [0.1, 0.15) is 12.0 Å². The molecule has 1 aliphatic heterocycles. The molecule has 1 saturated heterocycles. The highest BCUT2D eigenvalue weighted by molar-refractivity contribution is 5.82. The van der Waals surface area contributed by atoms with Gasteiger partial charge in [0.2, 0.25) is 0 Å². The molecule has 1 fully saturated rings. The predicted octanol–water partition coefficient (Wildman–Crippen LogP) is 1.68. The van der Waals surface area contributed by atoms with E-state index in [-0.39, 0.29) is 29.6 Å². The molecule has 1 aromatic carbocycles. The molecule has 2 rings (SSSR count). The molecule has 0 saturated carbocycles. The van der Waals surface area contributed by atoms with Gasteiger partial charge in [-0.15, -0.1) is 0 Å². The molecule has 1 unspecified atom stereocenters. The standard InChI is InChI=1S/C13H12FNO3/c14-11-5-9(6-15)1-2-13(11)18-8-12(16)10-3-4-17-7-10/h1-2,5,10H,3-4,7-8H2. The van der Waals surface area contributed by atoms with Crippen molar-refractivity contribution in [2.24, 2.45) is 5.92 Å². The van der Waals surface area contributed by atoms with Crippen molar-refractivity contribution in [1.29, 1.82) is 5.26 Å². The Bertz CT molecular complexity index is 489. The molecule has 1 atom stereocenters. The lowest BCUT2D eigenvalue weighted by atomic mass is 10.0. The largest absolute Gasteiger partial charge is 0.483 e. The van der Waals surface area contributed by atoms with E-state index in [1.165, 1.54) is 12.1 Å². The van der Waals surface area contributed by atoms with E-state index in [1.54, 1.807) is 0 Å². The lowest BCUT2D eigenvalue weighted by Gasteiger charge is -2.09. The predicted molar refractivity (Wildman–Crippen MR) is 60.5 cm³/mol. The van der Waals surface area contributed by atoms with Gasteiger partial charge >= 0.3 is 0 Å². The number of hydrogen-bond donors (Lipinski definition) is 0. The third-order valence-corrected chi connectivity index (χ3v) is 2.82. The number of hydrogen-bond acceptors (Lipinski definition) is 4. The number of nitrogens with zero attached hydrogens (tertiary/aromatic N) is 1. The van der Waals surface area contributed by atoms with Gasteiger partial charge in [0, 0.05) is 12.5 Å². The summed E-state index contributed by atoms with van der Waals surface area (Å²) in [7, 11) is 0. The van der Waals surface area contributed by atoms with Crippen LogP contribution >= 0.6 is 0 Å². The van der Waals surface area contributed by atoms with Crippen LogP contribution < -0.4 is 4.74 Å². The topological polar surface area (TPSA) is 59.3 Å². The first-order chi connectivity index (χ1) is 8.70. The summed E-state index contributed by atoms with van der Waals surface area (Å²) in [5.41, 5.74) is 0.218. The van der Waals surface area contributed by atoms with Gasteiger partial charge in [-0.2, -0.15) is 5.26 Å². The molecule has 0 aliphatic carbocycles. The van der Waals surface area contributed by atoms with E-state index < -0.39 is 5.82 Å². The molecule has 1 heterocycles. The van der Waals surface area contributed by atoms with Crippen molar-refractivity contribution in [2.45, 2.75) is 6.42 Å². The molecule has 0 amide bonds. The van der Waals surface area contributed by atoms with Gasteiger partial charge in [0.15, 0.2) is 17.3 Å². The summed E-state index contributed by atoms with van der Waals surface area (Å²) in [5, 5.41) is 8.59. The van der Waals surface area contributed by atoms with Crippen LogP contribution in [0.25, 0.3) is 0 Å². The maximum atomic E-state index is 13.5. The average Bonchev–Trinajstić information content (AvgIpc) is 2.90. The van der Waals surface area contributed by atoms with Crippen LogP contribution in [0.2, 0.25) is 0 Å². The number of Topliss-reactive ketones (excluding diaryl/α,β-unsaturated/α-hetero) is 1. The smallest absolute Gasteiger partial charge is 0.175 e. The minimum Gasteiger partial charge on any atom is -0.483 e. The van der Waals surface area contributed by atoms with Gasteiger partial charge in [-0.05, 0) is 24.6 Å². The minimum atomic E-state index is -0.635. The monoisotopic (exact) mass is 249 g/mol. The second kappa shape index (κ2) is 5.61. The van der Waals surface area contributed by atoms with Gasteiger partial charge in [-0.3, -0.25) is 4.79 Å². The molecular weight excluding hydrogens is 237 g/mol. The first-order valence-electron chi connectivity index (χ1n) is 5.63. The fourth-order valence-electron chi connectivity index (χ4n) is 1.74. The number of ketones is 1. The fraction of sp³-hybridized carbons (Fsp3) is 0.385. The molecule has 0 bridgehead atoms. The molecule has 5 heteroatoms. The summed E-state index contributed by atoms with van der Waals surface area (Å²) in [4.78, 5) is 11.7. The SMILES string of the molecule is N#Cc1ccc(OCC(=O)C2CCOC2)c(F)c1. The molecule has 0 radical (unpaired) electrons. The number of halogens is 1. The fourth-order valence-corrected chi connectivity index (χ4v) is 1.74. The van der Waals surface area contributed by atoms with Gasteiger partial charge < -0.3 is 9.47 Å². The van der Waals surface area contributed by atoms with Crippen molar-refractivity contribution < 1.29 is 18.7 Å². The molecule has 0 N–H and O–H groups in total. The Kier molecular flexibility index (Phi) is 3.90. The Morgan fingerprint density at radius 2 is 2.44 bits per heavy atom. The van der Waals surface area contributed by atoms with Crippen LogP contribution in [0.3, 0.4) is 0 Å². The highest BCUT2D eigenvalue weighted by atomic mass is 19.1. The number of carbonyl (C=O) groups is 1. The number of rotatable bonds is 4. The van der Waals surface area contributed by atoms with Crippen molar-refractivity contribution in [2.75, 3.05) is 19.8 Å². The number of ether oxygens (including phenoxy) is 2. The van der Waals surface area contributed by atoms with Crippen molar-refractivity contribution in [1.82, 2.24) is 0 Å². The van der Waals surface area contributed by atoms with Gasteiger partial charge in [0.1, 0.15) is 6.61 Å². The van der Waals surface area contributed by atoms with Crippen LogP contribution in [0.15, 0.2) is 18.2 Å². The van der Waals surface area contributed by atoms with Crippen molar-refractivity contribution in [3.05, 3.63) is 29.6 Å². The minimum absolute atomic E-state index is 0.0127. The molecule has 0 spiro atoms. The second-order valence-electron chi connectivity index (χ2n) is 4.07. The van der Waals surface area contributed by atoms with Gasteiger partial charge in [-0.1, -0.05) is 0 Å². The molecule has 4 nitrogen and oxygen atoms in total. The highest BCUT2D eigenvalue weighted by Crippen LogP contribution is 2.19. The maximum Gasteiger partial charge on any atom is 0.175 e. The first-order valence-corrected chi connectivity index (χ1v) is 5.63. The zero-order valence-electron chi connectivity index (χ0n) is 9.69. The lowest BCUT2D eigenvalue weighted by Crippen LogP contribution is -2.21. The third-order valence-electron chi connectivity index (χ3n) is 2.82. The normalized spacial score (nSPS) is 18.3. The zero-order chi connectivity index (χ0) is 13.0. The molecular formula is C13H12FNO3. The van der Waals surface area contributed by atoms with E-state index in [1.807, 2.05) is 6.07 Å². The van der Waals surface area contributed by atoms with E-state index in [0.717, 1.165) is 6.07 Å². The summed E-state index contributed by atoms with van der Waals surface area (Å²) in [6.07, 6.45) is 0.693. The quantitative estimate of drug-likeness (QED) is 0.814. The van der Waals surface area contributed by atoms with Crippen LogP contribution in [0, 0.1) is 23.1 Å². The highest BCUT2D eigenvalue weighted by Gasteiger charge is 2.23. The summed E-state index contributed by atoms with van der Waals surface area (Å²) >= 11 is 0. The van der Waals surface area contributed by atoms with E-state index in [0.29, 0.717) is 19.6 Å². The Morgan fingerprint density at radius 1 is 1.61 bits per heavy atom. The van der Waals surface area contributed by atoms with Gasteiger partial charge in [0.05, 0.1) is 18.2 Å². The van der Waals surface area contributed by atoms with Crippen LogP contribution in [-0.4, -0.2) is 25.6 Å². The maximum absolute atomic E-state index is 13.5. The third kappa shape index (κ3) is 2.84. The average molecular weight is 249 g/mol. The van der Waals surface area contributed by atoms with E-state index >= 15 is 0 Å². The summed E-state index contributed by atoms with van der Waals surface area (Å²) < 4.78 is 23.7. The van der Waals surface area contributed by atoms with Crippen molar-refractivity contribution in [3.8, 4) is 11.8 Å². The molecule has 94 valence electrons. The molecule has 18 heavy (non-hydrogen) atoms. The Labute approximate surface area is 104 Å². The summed E-state index contributed by atoms with van der Waals surface area (Å²) in [6.45, 7) is 0.830.